The molecule has 0 aromatic carbocycles. The van der Waals surface area contributed by atoms with Crippen molar-refractivity contribution in [3.63, 3.8) is 0 Å². The topological polar surface area (TPSA) is 208 Å². The molecule has 6 aromatic heterocycles. The summed E-state index contributed by atoms with van der Waals surface area (Å²) in [5.74, 6) is -9.13. The molecular formula is C51H66N18O3. The van der Waals surface area contributed by atoms with Gasteiger partial charge in [0.05, 0.1) is 41.1 Å². The Labute approximate surface area is 456 Å². The molecule has 0 bridgehead atoms. The average molecular weight is 1000 g/mol. The number of nitrogens with one attached hydrogen (secondary N) is 3. The highest BCUT2D eigenvalue weighted by Gasteiger charge is 2.36. The van der Waals surface area contributed by atoms with Crippen molar-refractivity contribution < 1.29 is 48.7 Å². The van der Waals surface area contributed by atoms with Crippen molar-refractivity contribution in [2.45, 2.75) is 78.7 Å². The van der Waals surface area contributed by atoms with E-state index >= 15 is 0 Å². The number of likely N-dealkylation sites (tertiary alicyclic amines) is 3. The van der Waals surface area contributed by atoms with Gasteiger partial charge >= 0.3 is 17.7 Å². The summed E-state index contributed by atoms with van der Waals surface area (Å²) in [7, 11) is 0. The molecule has 3 N–H and O–H groups in total. The first-order chi connectivity index (χ1) is 44.5. The van der Waals surface area contributed by atoms with Crippen LogP contribution in [-0.4, -0.2) is 175 Å². The minimum Gasteiger partial charge on any atom is -0.354 e. The van der Waals surface area contributed by atoms with Gasteiger partial charge in [-0.15, -0.1) is 0 Å². The van der Waals surface area contributed by atoms with E-state index in [9.17, 15) is 17.1 Å². The number of amides is 3. The maximum Gasteiger partial charge on any atom is 0.302 e. The molecular weight excluding hydrogens is 913 g/mol. The fraction of sp³-hybridized carbons (Fsp3) is 0.529. The summed E-state index contributed by atoms with van der Waals surface area (Å²) < 4.78 is 206. The maximum absolute atomic E-state index is 12.4. The predicted octanol–water partition coefficient (Wildman–Crippen LogP) is 5.58. The summed E-state index contributed by atoms with van der Waals surface area (Å²) in [5, 5.41) is 0.0792. The van der Waals surface area contributed by atoms with Gasteiger partial charge in [-0.3, -0.25) is 14.4 Å². The number of aromatic amines is 3. The molecule has 21 nitrogen and oxygen atoms in total. The third kappa shape index (κ3) is 11.5. The largest absolute Gasteiger partial charge is 0.354 e. The molecule has 9 heterocycles. The summed E-state index contributed by atoms with van der Waals surface area (Å²) in [5.41, 5.74) is 1.66. The van der Waals surface area contributed by atoms with Crippen LogP contribution in [0.1, 0.15) is 91.2 Å². The Morgan fingerprint density at radius 1 is 0.597 bits per heavy atom. The number of likely N-dealkylation sites (N-methyl/N-ethyl adjacent to an activating group) is 3. The van der Waals surface area contributed by atoms with Crippen LogP contribution < -0.4 is 14.7 Å². The number of fused-ring (bicyclic) bond motifs is 3. The zero-order valence-electron chi connectivity index (χ0n) is 64.3. The Kier molecular flexibility index (Phi) is 8.99. The molecule has 3 amide bonds. The van der Waals surface area contributed by atoms with Gasteiger partial charge in [0.1, 0.15) is 53.4 Å². The number of anilines is 3. The first-order valence-electron chi connectivity index (χ1n) is 34.6. The van der Waals surface area contributed by atoms with Crippen molar-refractivity contribution in [1.82, 2.24) is 59.6 Å². The molecule has 6 atom stereocenters. The van der Waals surface area contributed by atoms with Crippen molar-refractivity contribution in [3.05, 3.63) is 88.4 Å². The summed E-state index contributed by atoms with van der Waals surface area (Å²) in [6.45, 7) is 4.15. The van der Waals surface area contributed by atoms with Gasteiger partial charge < -0.3 is 58.9 Å². The van der Waals surface area contributed by atoms with Gasteiger partial charge in [0, 0.05) is 105 Å². The van der Waals surface area contributed by atoms with Gasteiger partial charge in [-0.25, -0.2) is 49.6 Å². The zero-order chi connectivity index (χ0) is 73.1. The number of hydrogen-bond acceptors (Lipinski definition) is 12. The number of aromatic nitrogens is 9. The van der Waals surface area contributed by atoms with Crippen molar-refractivity contribution in [2.75, 3.05) is 94.5 Å². The Bertz CT molecular complexity index is 4090. The smallest absolute Gasteiger partial charge is 0.302 e. The molecule has 9 rings (SSSR count). The highest BCUT2D eigenvalue weighted by Crippen LogP contribution is 2.32. The SMILES string of the molecule is [2H]c1c(C)[nH]c2ncnc(N(C([2H])([2H])[2H])[C@@]3([2H])CN(C(=O)C[N+]#[C-])CC[C@@]3([2H])C([2H])([2H])[2H])c12.[2H]c1c(C)[nH]c2ncnc(N(C([2H])([2H])[2H])[C@@]3([2H])CN(C(=O)C[N+]#[C-])CC[C@H]3C([2H])([2H])[2H])c12.[2H]c1c(C)[nH]c2ncnc(N([C@H]3CN(C(=O)C[N+]#[C-])CC[C@@]3([2H])C([2H])([2H])[2H])C([2H])([2H])[2H])c12. The van der Waals surface area contributed by atoms with Crippen molar-refractivity contribution in [3.8, 4) is 0 Å². The normalized spacial score (nSPS) is 31.1. The zero-order valence-corrected chi connectivity index (χ0v) is 39.3. The lowest BCUT2D eigenvalue weighted by molar-refractivity contribution is -0.131. The van der Waals surface area contributed by atoms with E-state index in [0.717, 1.165) is 33.7 Å². The fourth-order valence-electron chi connectivity index (χ4n) is 8.12. The second kappa shape index (κ2) is 22.9. The summed E-state index contributed by atoms with van der Waals surface area (Å²) >= 11 is 0. The lowest BCUT2D eigenvalue weighted by atomic mass is 9.92. The molecule has 3 saturated heterocycles. The number of hydrogen-bond donors (Lipinski definition) is 3. The maximum atomic E-state index is 12.4. The standard InChI is InChI=1S/3C17H22N6O/c3*1-11-5-6-23(15(24)8-18-3)9-14(11)22(4)17-13-7-12(2)21-16(13)19-10-20-17/h3*7,10-11,14H,5-6,8-9H2,1-2,4H3,(H,19,20,21)/t3*11-,14+/m111/s1/i1D3,4D3,7D,11D,14D;1D3,4D3,7D,14D;1D3,4D3,7D,11D. The number of aryl methyl sites for hydroxylation is 3. The molecule has 0 spiro atoms. The van der Waals surface area contributed by atoms with Crippen LogP contribution in [-0.2, 0) is 14.4 Å². The number of piperidine rings is 3. The lowest BCUT2D eigenvalue weighted by Crippen LogP contribution is -2.53. The highest BCUT2D eigenvalue weighted by molar-refractivity contribution is 5.90. The van der Waals surface area contributed by atoms with Crippen LogP contribution in [0.15, 0.2) is 37.1 Å². The van der Waals surface area contributed by atoms with Crippen LogP contribution in [0.25, 0.3) is 47.6 Å². The minimum absolute atomic E-state index is 0.0149. The van der Waals surface area contributed by atoms with Crippen molar-refractivity contribution in [1.29, 1.82) is 0 Å². The van der Waals surface area contributed by atoms with Gasteiger partial charge in [0.15, 0.2) is 0 Å². The van der Waals surface area contributed by atoms with E-state index in [1.54, 1.807) is 20.8 Å². The molecule has 3 aliphatic rings. The quantitative estimate of drug-likeness (QED) is 0.152. The van der Waals surface area contributed by atoms with Gasteiger partial charge in [-0.2, -0.15) is 0 Å². The Morgan fingerprint density at radius 3 is 1.43 bits per heavy atom. The third-order valence-electron chi connectivity index (χ3n) is 11.8. The molecule has 6 aromatic rings. The summed E-state index contributed by atoms with van der Waals surface area (Å²) in [6.07, 6.45) is 2.17. The molecule has 0 radical (unpaired) electrons. The molecule has 3 aliphatic heterocycles. The average Bonchev–Trinajstić information content (AvgIpc) is 1.65. The first-order valence-corrected chi connectivity index (χ1v) is 22.1. The molecule has 378 valence electrons. The van der Waals surface area contributed by atoms with Crippen LogP contribution in [0.4, 0.5) is 17.5 Å². The lowest BCUT2D eigenvalue weighted by Gasteiger charge is -2.41. The Morgan fingerprint density at radius 2 is 1.00 bits per heavy atom. The van der Waals surface area contributed by atoms with Gasteiger partial charge in [0.2, 0.25) is 0 Å². The van der Waals surface area contributed by atoms with E-state index in [0.29, 0.717) is 26.9 Å². The van der Waals surface area contributed by atoms with Crippen LogP contribution in [0.3, 0.4) is 0 Å². The van der Waals surface area contributed by atoms with Crippen LogP contribution in [0, 0.1) is 58.2 Å². The third-order valence-corrected chi connectivity index (χ3v) is 11.8. The highest BCUT2D eigenvalue weighted by atomic mass is 16.2. The number of rotatable bonds is 9. The molecule has 21 heteroatoms. The van der Waals surface area contributed by atoms with Crippen LogP contribution >= 0.6 is 0 Å². The van der Waals surface area contributed by atoms with E-state index in [1.807, 2.05) is 0 Å². The molecule has 0 saturated carbocycles. The van der Waals surface area contributed by atoms with E-state index in [4.69, 9.17) is 51.2 Å². The van der Waals surface area contributed by atoms with Gasteiger partial charge in [0.25, 0.3) is 19.6 Å². The van der Waals surface area contributed by atoms with Gasteiger partial charge in [-0.05, 0) is 75.9 Å². The van der Waals surface area contributed by atoms with Crippen molar-refractivity contribution >= 4 is 68.3 Å². The van der Waals surface area contributed by atoms with E-state index in [2.05, 4.69) is 59.4 Å². The minimum atomic E-state index is -3.18. The van der Waals surface area contributed by atoms with Crippen LogP contribution in [0.2, 0.25) is 0 Å². The second-order valence-electron chi connectivity index (χ2n) is 16.6. The predicted molar refractivity (Wildman–Crippen MR) is 278 cm³/mol. The Balaban J connectivity index is 0.000000205. The fourth-order valence-corrected chi connectivity index (χ4v) is 8.12. The second-order valence-corrected chi connectivity index (χ2v) is 16.6. The van der Waals surface area contributed by atoms with Gasteiger partial charge in [-0.1, -0.05) is 20.6 Å². The summed E-state index contributed by atoms with van der Waals surface area (Å²) in [6, 6.07) is -6.86. The number of carbonyl (C=O) groups is 3. The van der Waals surface area contributed by atoms with E-state index < -0.39 is 146 Å². The van der Waals surface area contributed by atoms with E-state index in [1.165, 1.54) is 4.90 Å². The van der Waals surface area contributed by atoms with Crippen LogP contribution in [0.5, 0.6) is 0 Å². The Hall–Kier alpha value is -7.86. The molecule has 0 unspecified atom stereocenters. The number of H-pyrrole nitrogens is 3. The van der Waals surface area contributed by atoms with E-state index in [-0.39, 0.29) is 95.3 Å². The molecule has 72 heavy (non-hydrogen) atoms. The molecule has 0 aliphatic carbocycles. The monoisotopic (exact) mass is 1000 g/mol. The first kappa shape index (κ1) is 28.2. The summed E-state index contributed by atoms with van der Waals surface area (Å²) in [4.78, 5) is 84.2. The molecule has 3 fully saturated rings. The van der Waals surface area contributed by atoms with Crippen molar-refractivity contribution in [2.24, 2.45) is 17.7 Å². The number of nitrogens with zero attached hydrogens (tertiary/aromatic N) is 15. The number of carbonyl (C=O) groups excluding carboxylic acids is 3.